The molecule has 3 rings (SSSR count). The first-order valence-electron chi connectivity index (χ1n) is 7.85. The van der Waals surface area contributed by atoms with E-state index in [9.17, 15) is 0 Å². The van der Waals surface area contributed by atoms with Crippen LogP contribution in [0.5, 0.6) is 0 Å². The molecule has 2 aromatic rings. The molecule has 0 radical (unpaired) electrons. The molecule has 24 heavy (non-hydrogen) atoms. The van der Waals surface area contributed by atoms with Crippen molar-refractivity contribution in [2.24, 2.45) is 5.41 Å². The van der Waals surface area contributed by atoms with Crippen LogP contribution in [0.1, 0.15) is 46.1 Å². The van der Waals surface area contributed by atoms with Crippen LogP contribution in [0.15, 0.2) is 60.2 Å². The van der Waals surface area contributed by atoms with E-state index in [0.717, 1.165) is 0 Å². The van der Waals surface area contributed by atoms with E-state index >= 15 is 0 Å². The summed E-state index contributed by atoms with van der Waals surface area (Å²) in [4.78, 5) is 0. The van der Waals surface area contributed by atoms with Crippen molar-refractivity contribution < 1.29 is 49.0 Å². The molecule has 0 spiro atoms. The molecule has 0 heterocycles. The van der Waals surface area contributed by atoms with Crippen LogP contribution in [0.25, 0.3) is 10.8 Å². The van der Waals surface area contributed by atoms with Gasteiger partial charge in [0.05, 0.1) is 0 Å². The van der Waals surface area contributed by atoms with Gasteiger partial charge in [0.25, 0.3) is 0 Å². The van der Waals surface area contributed by atoms with Crippen molar-refractivity contribution in [3.05, 3.63) is 65.8 Å². The van der Waals surface area contributed by atoms with Crippen LogP contribution >= 0.6 is 0 Å². The van der Waals surface area contributed by atoms with Gasteiger partial charge in [-0.3, -0.25) is 0 Å². The molecule has 0 bridgehead atoms. The predicted octanol–water partition coefficient (Wildman–Crippen LogP) is -0.0620. The smallest absolute Gasteiger partial charge is 1.00 e. The van der Waals surface area contributed by atoms with E-state index < -0.39 is 0 Å². The molecule has 2 aromatic carbocycles. The van der Waals surface area contributed by atoms with E-state index in [1.54, 1.807) is 24.2 Å². The summed E-state index contributed by atoms with van der Waals surface area (Å²) in [5.41, 5.74) is 3.10. The van der Waals surface area contributed by atoms with Gasteiger partial charge in [0.2, 0.25) is 0 Å². The fourth-order valence-corrected chi connectivity index (χ4v) is 2.59. The van der Waals surface area contributed by atoms with Gasteiger partial charge in [-0.25, -0.2) is 0 Å². The van der Waals surface area contributed by atoms with Gasteiger partial charge in [-0.2, -0.15) is 6.07 Å². The maximum Gasteiger partial charge on any atom is -1.00 e. The molecular weight excluding hydrogens is 414 g/mol. The minimum atomic E-state index is 0. The summed E-state index contributed by atoms with van der Waals surface area (Å²) in [7, 11) is 0. The summed E-state index contributed by atoms with van der Waals surface area (Å²) >= 11 is 1.55. The summed E-state index contributed by atoms with van der Waals surface area (Å²) < 4.78 is 1.51. The van der Waals surface area contributed by atoms with Gasteiger partial charge in [0.1, 0.15) is 0 Å². The number of hydrogen-bond donors (Lipinski definition) is 0. The molecule has 0 aromatic heterocycles. The summed E-state index contributed by atoms with van der Waals surface area (Å²) in [6, 6.07) is 13.2. The van der Waals surface area contributed by atoms with Gasteiger partial charge in [0.15, 0.2) is 0 Å². The second-order valence-corrected chi connectivity index (χ2v) is 9.63. The second-order valence-electron chi connectivity index (χ2n) is 7.17. The topological polar surface area (TPSA) is 0 Å². The maximum atomic E-state index is 2.40. The SMILES string of the molecule is CC(C)(C)C1=CC(c2cc3ccccc3[cH-]2)C=C1.C[C](C)=[Zr+2].[Cl-].[Cl-]. The van der Waals surface area contributed by atoms with Gasteiger partial charge in [-0.15, -0.1) is 40.6 Å². The molecule has 0 N–H and O–H groups in total. The van der Waals surface area contributed by atoms with Crippen LogP contribution in [0, 0.1) is 5.41 Å². The monoisotopic (exact) mass is 437 g/mol. The van der Waals surface area contributed by atoms with Crippen LogP contribution in [0.3, 0.4) is 0 Å². The minimum absolute atomic E-state index is 0. The molecule has 3 heteroatoms. The van der Waals surface area contributed by atoms with Crippen LogP contribution in [0.4, 0.5) is 0 Å². The van der Waals surface area contributed by atoms with Crippen molar-refractivity contribution in [3.8, 4) is 0 Å². The normalized spacial score (nSPS) is 15.8. The number of benzene rings is 1. The molecule has 0 saturated heterocycles. The van der Waals surface area contributed by atoms with Crippen LogP contribution in [-0.2, 0) is 24.2 Å². The van der Waals surface area contributed by atoms with Crippen molar-refractivity contribution in [3.63, 3.8) is 0 Å². The Kier molecular flexibility index (Phi) is 9.81. The molecule has 0 nitrogen and oxygen atoms in total. The Morgan fingerprint density at radius 2 is 1.67 bits per heavy atom. The zero-order valence-corrected chi connectivity index (χ0v) is 19.0. The third-order valence-corrected chi connectivity index (χ3v) is 3.73. The number of allylic oxidation sites excluding steroid dienone is 4. The van der Waals surface area contributed by atoms with E-state index in [-0.39, 0.29) is 30.2 Å². The van der Waals surface area contributed by atoms with Gasteiger partial charge in [-0.05, 0) is 11.0 Å². The van der Waals surface area contributed by atoms with Crippen molar-refractivity contribution in [1.82, 2.24) is 0 Å². The van der Waals surface area contributed by atoms with Crippen molar-refractivity contribution in [2.45, 2.75) is 40.5 Å². The minimum Gasteiger partial charge on any atom is -1.00 e. The zero-order chi connectivity index (χ0) is 16.3. The van der Waals surface area contributed by atoms with Crippen molar-refractivity contribution >= 4 is 14.0 Å². The van der Waals surface area contributed by atoms with Crippen molar-refractivity contribution in [1.29, 1.82) is 0 Å². The largest absolute Gasteiger partial charge is 1.00 e. The Labute approximate surface area is 173 Å². The number of fused-ring (bicyclic) bond motifs is 1. The van der Waals surface area contributed by atoms with E-state index in [4.69, 9.17) is 0 Å². The van der Waals surface area contributed by atoms with Gasteiger partial charge >= 0.3 is 41.3 Å². The van der Waals surface area contributed by atoms with Crippen LogP contribution in [-0.4, -0.2) is 3.21 Å². The number of hydrogen-bond acceptors (Lipinski definition) is 0. The summed E-state index contributed by atoms with van der Waals surface area (Å²) in [5.74, 6) is 0.451. The molecule has 1 aliphatic rings. The predicted molar refractivity (Wildman–Crippen MR) is 95.3 cm³/mol. The molecule has 1 atom stereocenters. The molecule has 1 unspecified atom stereocenters. The molecular formula is C21H25Cl2Zr-. The Bertz CT molecular complexity index is 693. The molecule has 1 aliphatic carbocycles. The van der Waals surface area contributed by atoms with E-state index in [1.165, 1.54) is 25.1 Å². The summed E-state index contributed by atoms with van der Waals surface area (Å²) in [5, 5.41) is 2.69. The first kappa shape index (κ1) is 23.6. The molecule has 0 aliphatic heterocycles. The average molecular weight is 440 g/mol. The first-order chi connectivity index (χ1) is 10.3. The summed E-state index contributed by atoms with van der Waals surface area (Å²) in [6.07, 6.45) is 6.99. The van der Waals surface area contributed by atoms with Gasteiger partial charge < -0.3 is 24.8 Å². The van der Waals surface area contributed by atoms with E-state index in [2.05, 4.69) is 89.2 Å². The van der Waals surface area contributed by atoms with Crippen LogP contribution < -0.4 is 24.8 Å². The first-order valence-corrected chi connectivity index (χ1v) is 9.08. The van der Waals surface area contributed by atoms with E-state index in [1.807, 2.05) is 0 Å². The summed E-state index contributed by atoms with van der Waals surface area (Å²) in [6.45, 7) is 11.1. The number of halogens is 2. The zero-order valence-electron chi connectivity index (χ0n) is 15.0. The fourth-order valence-electron chi connectivity index (χ4n) is 2.59. The molecule has 0 amide bonds. The maximum absolute atomic E-state index is 2.40. The van der Waals surface area contributed by atoms with E-state index in [0.29, 0.717) is 5.92 Å². The Morgan fingerprint density at radius 3 is 2.17 bits per heavy atom. The fraction of sp³-hybridized carbons (Fsp3) is 0.333. The quantitative estimate of drug-likeness (QED) is 0.547. The second kappa shape index (κ2) is 9.95. The Balaban J connectivity index is 0.000000801. The molecule has 128 valence electrons. The standard InChI is InChI=1S/C18H19.C3H6.2ClH.Zr/c1-18(2,3)17-9-8-15(12-17)16-10-13-6-4-5-7-14(13)11-16;1-3-2;;;/h4-12,15H,1-3H3;1-2H3;2*1H;/q-1;;;;+2/p-2. The number of rotatable bonds is 1. The Hall–Kier alpha value is -0.357. The van der Waals surface area contributed by atoms with Gasteiger partial charge in [-0.1, -0.05) is 45.1 Å². The van der Waals surface area contributed by atoms with Crippen molar-refractivity contribution in [2.75, 3.05) is 0 Å². The average Bonchev–Trinajstić information content (AvgIpc) is 3.04. The molecule has 0 saturated carbocycles. The Morgan fingerprint density at radius 1 is 1.08 bits per heavy atom. The third kappa shape index (κ3) is 6.51. The third-order valence-electron chi connectivity index (χ3n) is 3.73. The molecule has 0 fully saturated rings. The van der Waals surface area contributed by atoms with Crippen LogP contribution in [0.2, 0.25) is 0 Å². The van der Waals surface area contributed by atoms with Gasteiger partial charge in [0, 0.05) is 5.92 Å².